The molecule has 4 rings (SSSR count). The molecule has 8 heteroatoms. The molecule has 1 aliphatic heterocycles. The van der Waals surface area contributed by atoms with Crippen LogP contribution in [0.25, 0.3) is 5.65 Å². The zero-order valence-corrected chi connectivity index (χ0v) is 16.2. The van der Waals surface area contributed by atoms with Crippen LogP contribution in [0.1, 0.15) is 12.2 Å². The van der Waals surface area contributed by atoms with Crippen LogP contribution in [0.4, 0.5) is 11.5 Å². The van der Waals surface area contributed by atoms with Crippen LogP contribution in [0.3, 0.4) is 0 Å². The van der Waals surface area contributed by atoms with E-state index >= 15 is 0 Å². The van der Waals surface area contributed by atoms with E-state index in [0.717, 1.165) is 68.0 Å². The van der Waals surface area contributed by atoms with Crippen LogP contribution in [-0.2, 0) is 0 Å². The van der Waals surface area contributed by atoms with E-state index in [-0.39, 0.29) is 0 Å². The summed E-state index contributed by atoms with van der Waals surface area (Å²) in [5.41, 5.74) is 1.99. The monoisotopic (exact) mass is 385 g/mol. The van der Waals surface area contributed by atoms with Gasteiger partial charge in [-0.3, -0.25) is 4.90 Å². The molecular formula is C19H24ClN7. The molecule has 1 aromatic carbocycles. The number of anilines is 2. The third-order valence-corrected chi connectivity index (χ3v) is 5.16. The molecule has 0 atom stereocenters. The Labute approximate surface area is 163 Å². The van der Waals surface area contributed by atoms with Gasteiger partial charge in [0.05, 0.1) is 0 Å². The van der Waals surface area contributed by atoms with Gasteiger partial charge in [-0.2, -0.15) is 4.52 Å². The summed E-state index contributed by atoms with van der Waals surface area (Å²) in [5.74, 6) is 1.66. The molecule has 0 spiro atoms. The highest BCUT2D eigenvalue weighted by molar-refractivity contribution is 6.30. The molecule has 0 aliphatic carbocycles. The van der Waals surface area contributed by atoms with Gasteiger partial charge in [-0.05, 0) is 50.2 Å². The van der Waals surface area contributed by atoms with E-state index < -0.39 is 0 Å². The molecule has 0 saturated carbocycles. The van der Waals surface area contributed by atoms with Crippen molar-refractivity contribution in [2.24, 2.45) is 0 Å². The number of aryl methyl sites for hydroxylation is 1. The minimum absolute atomic E-state index is 0.774. The number of piperazine rings is 1. The van der Waals surface area contributed by atoms with E-state index in [9.17, 15) is 0 Å². The van der Waals surface area contributed by atoms with Gasteiger partial charge in [0.15, 0.2) is 11.5 Å². The Morgan fingerprint density at radius 3 is 2.74 bits per heavy atom. The largest absolute Gasteiger partial charge is 0.369 e. The lowest BCUT2D eigenvalue weighted by Gasteiger charge is -2.36. The maximum Gasteiger partial charge on any atom is 0.178 e. The second-order valence-electron chi connectivity index (χ2n) is 6.82. The number of halogens is 1. The van der Waals surface area contributed by atoms with Gasteiger partial charge in [0.25, 0.3) is 0 Å². The molecule has 1 aliphatic rings. The van der Waals surface area contributed by atoms with Gasteiger partial charge in [0.2, 0.25) is 0 Å². The van der Waals surface area contributed by atoms with Gasteiger partial charge in [0.1, 0.15) is 5.82 Å². The van der Waals surface area contributed by atoms with E-state index in [0.29, 0.717) is 0 Å². The topological polar surface area (TPSA) is 61.6 Å². The molecule has 0 radical (unpaired) electrons. The van der Waals surface area contributed by atoms with Crippen molar-refractivity contribution in [1.29, 1.82) is 0 Å². The standard InChI is InChI=1S/C19H24ClN7/c1-15-22-23-19-7-6-18(24-27(15)19)21-8-3-9-25-10-12-26(13-11-25)17-5-2-4-16(20)14-17/h2,4-7,14H,3,8-13H2,1H3,(H,21,24). The number of hydrogen-bond donors (Lipinski definition) is 1. The van der Waals surface area contributed by atoms with E-state index in [1.807, 2.05) is 37.3 Å². The predicted octanol–water partition coefficient (Wildman–Crippen LogP) is 2.71. The maximum atomic E-state index is 6.10. The van der Waals surface area contributed by atoms with Crippen LogP contribution in [-0.4, -0.2) is 64.0 Å². The Bertz CT molecular complexity index is 902. The van der Waals surface area contributed by atoms with Crippen molar-refractivity contribution in [2.45, 2.75) is 13.3 Å². The van der Waals surface area contributed by atoms with Crippen LogP contribution in [0.5, 0.6) is 0 Å². The lowest BCUT2D eigenvalue weighted by Crippen LogP contribution is -2.46. The van der Waals surface area contributed by atoms with E-state index in [1.165, 1.54) is 5.69 Å². The fraction of sp³-hybridized carbons (Fsp3) is 0.421. The zero-order chi connectivity index (χ0) is 18.6. The molecule has 3 aromatic rings. The van der Waals surface area contributed by atoms with Crippen molar-refractivity contribution in [2.75, 3.05) is 49.5 Å². The summed E-state index contributed by atoms with van der Waals surface area (Å²) in [6, 6.07) is 12.0. The number of aromatic nitrogens is 4. The second kappa shape index (κ2) is 8.10. The number of benzene rings is 1. The highest BCUT2D eigenvalue weighted by atomic mass is 35.5. The number of fused-ring (bicyclic) bond motifs is 1. The first-order chi connectivity index (χ1) is 13.2. The third-order valence-electron chi connectivity index (χ3n) is 4.92. The average Bonchev–Trinajstić information content (AvgIpc) is 3.06. The van der Waals surface area contributed by atoms with Gasteiger partial charge in [-0.1, -0.05) is 17.7 Å². The van der Waals surface area contributed by atoms with Crippen molar-refractivity contribution >= 4 is 28.8 Å². The van der Waals surface area contributed by atoms with E-state index in [4.69, 9.17) is 11.6 Å². The van der Waals surface area contributed by atoms with Crippen LogP contribution < -0.4 is 10.2 Å². The number of nitrogens with one attached hydrogen (secondary N) is 1. The minimum Gasteiger partial charge on any atom is -0.369 e. The first kappa shape index (κ1) is 18.0. The Kier molecular flexibility index (Phi) is 5.40. The Balaban J connectivity index is 1.20. The normalized spacial score (nSPS) is 15.4. The van der Waals surface area contributed by atoms with Crippen LogP contribution in [0.15, 0.2) is 36.4 Å². The predicted molar refractivity (Wildman–Crippen MR) is 109 cm³/mol. The third kappa shape index (κ3) is 4.31. The Morgan fingerprint density at radius 1 is 1.07 bits per heavy atom. The molecule has 142 valence electrons. The van der Waals surface area contributed by atoms with Crippen molar-refractivity contribution in [1.82, 2.24) is 24.7 Å². The first-order valence-electron chi connectivity index (χ1n) is 9.35. The fourth-order valence-electron chi connectivity index (χ4n) is 3.41. The molecule has 0 unspecified atom stereocenters. The highest BCUT2D eigenvalue weighted by Gasteiger charge is 2.16. The molecule has 2 aromatic heterocycles. The summed E-state index contributed by atoms with van der Waals surface area (Å²) in [5, 5.41) is 16.8. The lowest BCUT2D eigenvalue weighted by molar-refractivity contribution is 0.257. The lowest BCUT2D eigenvalue weighted by atomic mass is 10.2. The summed E-state index contributed by atoms with van der Waals surface area (Å²) in [6.07, 6.45) is 1.08. The molecular weight excluding hydrogens is 362 g/mol. The van der Waals surface area contributed by atoms with Crippen molar-refractivity contribution < 1.29 is 0 Å². The molecule has 0 amide bonds. The van der Waals surface area contributed by atoms with Crippen LogP contribution in [0.2, 0.25) is 5.02 Å². The SMILES string of the molecule is Cc1nnc2ccc(NCCCN3CCN(c4cccc(Cl)c4)CC3)nn12. The van der Waals surface area contributed by atoms with Crippen molar-refractivity contribution in [3.63, 3.8) is 0 Å². The van der Waals surface area contributed by atoms with Gasteiger partial charge < -0.3 is 10.2 Å². The average molecular weight is 386 g/mol. The smallest absolute Gasteiger partial charge is 0.178 e. The van der Waals surface area contributed by atoms with Crippen LogP contribution >= 0.6 is 11.6 Å². The Morgan fingerprint density at radius 2 is 1.93 bits per heavy atom. The molecule has 1 fully saturated rings. The fourth-order valence-corrected chi connectivity index (χ4v) is 3.60. The Hall–Kier alpha value is -2.38. The first-order valence-corrected chi connectivity index (χ1v) is 9.73. The number of rotatable bonds is 6. The van der Waals surface area contributed by atoms with Gasteiger partial charge in [0, 0.05) is 43.4 Å². The van der Waals surface area contributed by atoms with Gasteiger partial charge in [-0.25, -0.2) is 0 Å². The minimum atomic E-state index is 0.774. The summed E-state index contributed by atoms with van der Waals surface area (Å²) in [4.78, 5) is 4.92. The summed E-state index contributed by atoms with van der Waals surface area (Å²) < 4.78 is 1.76. The second-order valence-corrected chi connectivity index (χ2v) is 7.26. The summed E-state index contributed by atoms with van der Waals surface area (Å²) in [7, 11) is 0. The van der Waals surface area contributed by atoms with E-state index in [1.54, 1.807) is 4.52 Å². The van der Waals surface area contributed by atoms with Gasteiger partial charge in [-0.15, -0.1) is 15.3 Å². The van der Waals surface area contributed by atoms with Crippen molar-refractivity contribution in [3.8, 4) is 0 Å². The van der Waals surface area contributed by atoms with Crippen molar-refractivity contribution in [3.05, 3.63) is 47.2 Å². The summed E-state index contributed by atoms with van der Waals surface area (Å²) in [6.45, 7) is 8.13. The number of nitrogens with zero attached hydrogens (tertiary/aromatic N) is 6. The molecule has 1 saturated heterocycles. The van der Waals surface area contributed by atoms with Crippen LogP contribution in [0, 0.1) is 6.92 Å². The molecule has 0 bridgehead atoms. The molecule has 3 heterocycles. The van der Waals surface area contributed by atoms with Gasteiger partial charge >= 0.3 is 0 Å². The number of hydrogen-bond acceptors (Lipinski definition) is 6. The highest BCUT2D eigenvalue weighted by Crippen LogP contribution is 2.20. The molecule has 27 heavy (non-hydrogen) atoms. The molecule has 1 N–H and O–H groups in total. The zero-order valence-electron chi connectivity index (χ0n) is 15.5. The maximum absolute atomic E-state index is 6.10. The summed E-state index contributed by atoms with van der Waals surface area (Å²) >= 11 is 6.10. The molecule has 7 nitrogen and oxygen atoms in total. The van der Waals surface area contributed by atoms with E-state index in [2.05, 4.69) is 36.5 Å². The quantitative estimate of drug-likeness (QED) is 0.658.